The molecule has 1 rings (SSSR count). The molecule has 3 nitrogen and oxygen atoms in total. The number of carboxylic acid groups (broad SMARTS) is 1. The van der Waals surface area contributed by atoms with Crippen molar-refractivity contribution in [2.45, 2.75) is 10.9 Å². The molecular formula is C9H6Cl2F2O3. The number of benzene rings is 1. The van der Waals surface area contributed by atoms with Crippen LogP contribution in [0.4, 0.5) is 8.78 Å². The van der Waals surface area contributed by atoms with Crippen molar-refractivity contribution >= 4 is 29.2 Å². The zero-order valence-electron chi connectivity index (χ0n) is 7.66. The van der Waals surface area contributed by atoms with Gasteiger partial charge in [-0.05, 0) is 18.2 Å². The van der Waals surface area contributed by atoms with E-state index in [9.17, 15) is 13.6 Å². The third-order valence-electron chi connectivity index (χ3n) is 1.59. The summed E-state index contributed by atoms with van der Waals surface area (Å²) < 4.78 is 30.1. The number of hydrogen-bond acceptors (Lipinski definition) is 2. The monoisotopic (exact) mass is 270 g/mol. The summed E-state index contributed by atoms with van der Waals surface area (Å²) in [4.78, 5) is 8.52. The van der Waals surface area contributed by atoms with Crippen molar-refractivity contribution in [3.05, 3.63) is 29.8 Å². The highest BCUT2D eigenvalue weighted by Crippen LogP contribution is 2.30. The first-order chi connectivity index (χ1) is 7.33. The Kier molecular flexibility index (Phi) is 3.93. The van der Waals surface area contributed by atoms with Gasteiger partial charge >= 0.3 is 12.1 Å². The van der Waals surface area contributed by atoms with Crippen molar-refractivity contribution in [3.63, 3.8) is 0 Å². The third kappa shape index (κ3) is 3.21. The largest absolute Gasteiger partial charge is 0.478 e. The highest BCUT2D eigenvalue weighted by Gasteiger charge is 2.40. The summed E-state index contributed by atoms with van der Waals surface area (Å²) in [7, 11) is 0. The number of carbonyl (C=O) groups is 1. The fraction of sp³-hybridized carbons (Fsp3) is 0.222. The topological polar surface area (TPSA) is 46.5 Å². The first-order valence-electron chi connectivity index (χ1n) is 4.01. The number of ether oxygens (including phenoxy) is 1. The Balaban J connectivity index is 2.90. The minimum atomic E-state index is -3.78. The minimum Gasteiger partial charge on any atom is -0.478 e. The van der Waals surface area contributed by atoms with Crippen LogP contribution in [0.2, 0.25) is 0 Å². The first kappa shape index (κ1) is 13.0. The summed E-state index contributed by atoms with van der Waals surface area (Å²) in [6.45, 7) is 0. The predicted molar refractivity (Wildman–Crippen MR) is 54.5 cm³/mol. The third-order valence-corrected chi connectivity index (χ3v) is 2.10. The van der Waals surface area contributed by atoms with Crippen molar-refractivity contribution in [1.29, 1.82) is 0 Å². The lowest BCUT2D eigenvalue weighted by molar-refractivity contribution is -0.163. The van der Waals surface area contributed by atoms with Crippen LogP contribution in [-0.2, 0) is 0 Å². The fourth-order valence-electron chi connectivity index (χ4n) is 0.894. The molecule has 0 aromatic heterocycles. The summed E-state index contributed by atoms with van der Waals surface area (Å²) in [6.07, 6.45) is -3.78. The fourth-order valence-corrected chi connectivity index (χ4v) is 0.983. The number of rotatable bonds is 4. The molecule has 0 aliphatic carbocycles. The Hall–Kier alpha value is -1.07. The molecule has 0 amide bonds. The van der Waals surface area contributed by atoms with Crippen LogP contribution in [0.25, 0.3) is 0 Å². The van der Waals surface area contributed by atoms with E-state index >= 15 is 0 Å². The van der Waals surface area contributed by atoms with Gasteiger partial charge in [0.15, 0.2) is 0 Å². The van der Waals surface area contributed by atoms with Gasteiger partial charge in [-0.1, -0.05) is 29.3 Å². The Morgan fingerprint density at radius 2 is 2.06 bits per heavy atom. The van der Waals surface area contributed by atoms with E-state index in [2.05, 4.69) is 4.74 Å². The van der Waals surface area contributed by atoms with Gasteiger partial charge in [0.2, 0.25) is 4.84 Å². The average molecular weight is 271 g/mol. The molecule has 16 heavy (non-hydrogen) atoms. The summed E-state index contributed by atoms with van der Waals surface area (Å²) in [5.74, 6) is -1.57. The van der Waals surface area contributed by atoms with Crippen molar-refractivity contribution in [2.24, 2.45) is 0 Å². The van der Waals surface area contributed by atoms with E-state index in [1.54, 1.807) is 0 Å². The second-order valence-electron chi connectivity index (χ2n) is 2.80. The highest BCUT2D eigenvalue weighted by molar-refractivity contribution is 6.44. The molecule has 1 N–H and O–H groups in total. The number of carboxylic acids is 1. The highest BCUT2D eigenvalue weighted by atomic mass is 35.5. The SMILES string of the molecule is O=C(O)c1cccc(OC(F)(F)C(Cl)Cl)c1. The summed E-state index contributed by atoms with van der Waals surface area (Å²) in [5.41, 5.74) is -0.172. The lowest BCUT2D eigenvalue weighted by Crippen LogP contribution is -2.32. The Morgan fingerprint density at radius 1 is 1.44 bits per heavy atom. The van der Waals surface area contributed by atoms with Crippen LogP contribution < -0.4 is 4.74 Å². The van der Waals surface area contributed by atoms with Gasteiger partial charge < -0.3 is 9.84 Å². The van der Waals surface area contributed by atoms with Crippen LogP contribution >= 0.6 is 23.2 Å². The van der Waals surface area contributed by atoms with Crippen LogP contribution in [0.15, 0.2) is 24.3 Å². The van der Waals surface area contributed by atoms with Crippen LogP contribution in [0.5, 0.6) is 5.75 Å². The predicted octanol–water partition coefficient (Wildman–Crippen LogP) is 3.16. The molecule has 0 radical (unpaired) electrons. The summed E-state index contributed by atoms with van der Waals surface area (Å²) in [6, 6.07) is 4.64. The van der Waals surface area contributed by atoms with Crippen molar-refractivity contribution in [3.8, 4) is 5.75 Å². The normalized spacial score (nSPS) is 11.6. The van der Waals surface area contributed by atoms with Gasteiger partial charge in [0, 0.05) is 0 Å². The van der Waals surface area contributed by atoms with Gasteiger partial charge in [0.05, 0.1) is 5.56 Å². The smallest absolute Gasteiger partial charge is 0.428 e. The number of hydrogen-bond donors (Lipinski definition) is 1. The number of aromatic carboxylic acids is 1. The maximum atomic E-state index is 12.9. The molecule has 0 saturated heterocycles. The van der Waals surface area contributed by atoms with Gasteiger partial charge in [0.1, 0.15) is 5.75 Å². The molecule has 0 atom stereocenters. The standard InChI is InChI=1S/C9H6Cl2F2O3/c10-8(11)9(12,13)16-6-3-1-2-5(4-6)7(14)15/h1-4,8H,(H,14,15). The van der Waals surface area contributed by atoms with Crippen molar-refractivity contribution < 1.29 is 23.4 Å². The van der Waals surface area contributed by atoms with Gasteiger partial charge in [-0.15, -0.1) is 0 Å². The van der Waals surface area contributed by atoms with Gasteiger partial charge in [-0.3, -0.25) is 0 Å². The van der Waals surface area contributed by atoms with E-state index in [0.29, 0.717) is 0 Å². The molecule has 0 saturated carbocycles. The van der Waals surface area contributed by atoms with Crippen LogP contribution in [0.3, 0.4) is 0 Å². The molecule has 0 bridgehead atoms. The zero-order valence-corrected chi connectivity index (χ0v) is 9.17. The molecule has 0 unspecified atom stereocenters. The summed E-state index contributed by atoms with van der Waals surface area (Å²) >= 11 is 9.99. The lowest BCUT2D eigenvalue weighted by atomic mass is 10.2. The molecule has 0 fully saturated rings. The second kappa shape index (κ2) is 4.84. The van der Waals surface area contributed by atoms with Crippen molar-refractivity contribution in [2.75, 3.05) is 0 Å². The molecule has 88 valence electrons. The average Bonchev–Trinajstić information content (AvgIpc) is 2.17. The Labute approximate surface area is 99.5 Å². The Morgan fingerprint density at radius 3 is 2.56 bits per heavy atom. The molecule has 1 aromatic rings. The van der Waals surface area contributed by atoms with Crippen LogP contribution in [0.1, 0.15) is 10.4 Å². The maximum absolute atomic E-state index is 12.9. The molecule has 0 spiro atoms. The van der Waals surface area contributed by atoms with Crippen molar-refractivity contribution in [1.82, 2.24) is 0 Å². The minimum absolute atomic E-state index is 0.172. The Bertz CT molecular complexity index is 396. The molecule has 1 aromatic carbocycles. The molecule has 7 heteroatoms. The van der Waals surface area contributed by atoms with E-state index in [4.69, 9.17) is 28.3 Å². The molecular weight excluding hydrogens is 265 g/mol. The van der Waals surface area contributed by atoms with Gasteiger partial charge in [0.25, 0.3) is 0 Å². The van der Waals surface area contributed by atoms with E-state index in [0.717, 1.165) is 6.07 Å². The number of alkyl halides is 4. The van der Waals surface area contributed by atoms with E-state index in [-0.39, 0.29) is 11.3 Å². The van der Waals surface area contributed by atoms with E-state index in [1.807, 2.05) is 0 Å². The lowest BCUT2D eigenvalue weighted by Gasteiger charge is -2.18. The molecule has 0 aliphatic heterocycles. The van der Waals surface area contributed by atoms with Gasteiger partial charge in [-0.25, -0.2) is 4.79 Å². The quantitative estimate of drug-likeness (QED) is 0.855. The summed E-state index contributed by atoms with van der Waals surface area (Å²) in [5, 5.41) is 8.62. The van der Waals surface area contributed by atoms with Crippen LogP contribution in [-0.4, -0.2) is 22.0 Å². The van der Waals surface area contributed by atoms with E-state index in [1.165, 1.54) is 18.2 Å². The van der Waals surface area contributed by atoms with E-state index < -0.39 is 16.9 Å². The maximum Gasteiger partial charge on any atom is 0.428 e. The number of halogens is 4. The second-order valence-corrected chi connectivity index (χ2v) is 3.89. The molecule has 0 aliphatic rings. The van der Waals surface area contributed by atoms with Crippen LogP contribution in [0, 0.1) is 0 Å². The zero-order chi connectivity index (χ0) is 12.3. The first-order valence-corrected chi connectivity index (χ1v) is 4.88. The molecule has 0 heterocycles. The van der Waals surface area contributed by atoms with Gasteiger partial charge in [-0.2, -0.15) is 8.78 Å².